The lowest BCUT2D eigenvalue weighted by molar-refractivity contribution is -0.384. The van der Waals surface area contributed by atoms with E-state index in [1.807, 2.05) is 29.8 Å². The van der Waals surface area contributed by atoms with Crippen molar-refractivity contribution >= 4 is 40.6 Å². The molecule has 0 bridgehead atoms. The monoisotopic (exact) mass is 443 g/mol. The predicted molar refractivity (Wildman–Crippen MR) is 115 cm³/mol. The standard InChI is InChI=1S/C20H18ClN5O3S/c1-25-19(15-10-14(15)12-5-3-2-4-6-12)23-24-20(25)30-11-18(27)22-17-9-13(26(28)29)7-8-16(17)21/h2-9,14-15H,10-11H2,1H3,(H,22,27). The third kappa shape index (κ3) is 4.31. The highest BCUT2D eigenvalue weighted by Gasteiger charge is 2.42. The van der Waals surface area contributed by atoms with E-state index >= 15 is 0 Å². The molecule has 10 heteroatoms. The summed E-state index contributed by atoms with van der Waals surface area (Å²) in [5.41, 5.74) is 1.37. The highest BCUT2D eigenvalue weighted by molar-refractivity contribution is 7.99. The molecule has 1 N–H and O–H groups in total. The number of non-ortho nitro benzene ring substituents is 1. The zero-order chi connectivity index (χ0) is 21.3. The van der Waals surface area contributed by atoms with Crippen LogP contribution in [-0.4, -0.2) is 31.3 Å². The molecule has 1 aliphatic carbocycles. The number of aromatic nitrogens is 3. The molecule has 8 nitrogen and oxygen atoms in total. The van der Waals surface area contributed by atoms with Crippen LogP contribution in [0.3, 0.4) is 0 Å². The number of nitrogens with zero attached hydrogens (tertiary/aromatic N) is 4. The fraction of sp³-hybridized carbons (Fsp3) is 0.250. The van der Waals surface area contributed by atoms with Crippen molar-refractivity contribution in [3.63, 3.8) is 0 Å². The van der Waals surface area contributed by atoms with Crippen molar-refractivity contribution in [3.05, 3.63) is 75.1 Å². The van der Waals surface area contributed by atoms with Gasteiger partial charge in [0.2, 0.25) is 5.91 Å². The lowest BCUT2D eigenvalue weighted by Gasteiger charge is -2.07. The average Bonchev–Trinajstić information content (AvgIpc) is 3.45. The van der Waals surface area contributed by atoms with Gasteiger partial charge in [0.25, 0.3) is 5.69 Å². The SMILES string of the molecule is Cn1c(SCC(=O)Nc2cc([N+](=O)[O-])ccc2Cl)nnc1C1CC1c1ccccc1. The van der Waals surface area contributed by atoms with E-state index in [1.165, 1.54) is 35.5 Å². The highest BCUT2D eigenvalue weighted by atomic mass is 35.5. The number of carbonyl (C=O) groups excluding carboxylic acids is 1. The quantitative estimate of drug-likeness (QED) is 0.330. The molecular formula is C20H18ClN5O3S. The number of nitrogens with one attached hydrogen (secondary N) is 1. The van der Waals surface area contributed by atoms with Gasteiger partial charge in [-0.25, -0.2) is 0 Å². The maximum atomic E-state index is 12.3. The van der Waals surface area contributed by atoms with E-state index in [-0.39, 0.29) is 28.1 Å². The van der Waals surface area contributed by atoms with E-state index in [2.05, 4.69) is 27.6 Å². The largest absolute Gasteiger partial charge is 0.324 e. The molecule has 0 spiro atoms. The molecule has 1 aromatic heterocycles. The van der Waals surface area contributed by atoms with Gasteiger partial charge >= 0.3 is 0 Å². The summed E-state index contributed by atoms with van der Waals surface area (Å²) in [7, 11) is 1.90. The molecule has 0 aliphatic heterocycles. The number of halogens is 1. The molecule has 1 aliphatic rings. The van der Waals surface area contributed by atoms with Crippen LogP contribution in [0.15, 0.2) is 53.7 Å². The maximum absolute atomic E-state index is 12.3. The summed E-state index contributed by atoms with van der Waals surface area (Å²) in [4.78, 5) is 22.7. The minimum Gasteiger partial charge on any atom is -0.324 e. The number of amides is 1. The van der Waals surface area contributed by atoms with Crippen molar-refractivity contribution in [2.75, 3.05) is 11.1 Å². The minimum absolute atomic E-state index is 0.0811. The number of thioether (sulfide) groups is 1. The molecule has 30 heavy (non-hydrogen) atoms. The Morgan fingerprint density at radius 3 is 2.77 bits per heavy atom. The molecule has 1 fully saturated rings. The van der Waals surface area contributed by atoms with Crippen molar-refractivity contribution in [1.82, 2.24) is 14.8 Å². The lowest BCUT2D eigenvalue weighted by atomic mass is 10.1. The number of rotatable bonds is 7. The number of hydrogen-bond donors (Lipinski definition) is 1. The number of benzene rings is 2. The van der Waals surface area contributed by atoms with Crippen molar-refractivity contribution < 1.29 is 9.72 Å². The second-order valence-corrected chi connectivity index (χ2v) is 8.37. The van der Waals surface area contributed by atoms with Gasteiger partial charge < -0.3 is 9.88 Å². The zero-order valence-corrected chi connectivity index (χ0v) is 17.6. The molecule has 154 valence electrons. The first kappa shape index (κ1) is 20.4. The number of hydrogen-bond acceptors (Lipinski definition) is 6. The summed E-state index contributed by atoms with van der Waals surface area (Å²) in [5.74, 6) is 1.44. The van der Waals surface area contributed by atoms with Crippen LogP contribution in [0.2, 0.25) is 5.02 Å². The van der Waals surface area contributed by atoms with Crippen LogP contribution in [0, 0.1) is 10.1 Å². The molecule has 0 radical (unpaired) electrons. The second kappa shape index (κ2) is 8.45. The first-order valence-electron chi connectivity index (χ1n) is 9.25. The summed E-state index contributed by atoms with van der Waals surface area (Å²) in [5, 5.41) is 22.9. The van der Waals surface area contributed by atoms with Crippen molar-refractivity contribution in [2.45, 2.75) is 23.4 Å². The number of anilines is 1. The van der Waals surface area contributed by atoms with Gasteiger partial charge in [0.05, 0.1) is 21.4 Å². The smallest absolute Gasteiger partial charge is 0.271 e. The molecule has 1 heterocycles. The van der Waals surface area contributed by atoms with Crippen LogP contribution >= 0.6 is 23.4 Å². The van der Waals surface area contributed by atoms with Gasteiger partial charge in [-0.15, -0.1) is 10.2 Å². The van der Waals surface area contributed by atoms with Crippen molar-refractivity contribution in [2.24, 2.45) is 7.05 Å². The van der Waals surface area contributed by atoms with Gasteiger partial charge in [-0.1, -0.05) is 53.7 Å². The average molecular weight is 444 g/mol. The Labute approximate surface area is 181 Å². The third-order valence-electron chi connectivity index (χ3n) is 4.99. The normalized spacial score (nSPS) is 17.5. The Morgan fingerprint density at radius 2 is 2.03 bits per heavy atom. The second-order valence-electron chi connectivity index (χ2n) is 7.02. The molecule has 1 amide bonds. The van der Waals surface area contributed by atoms with Gasteiger partial charge in [-0.3, -0.25) is 14.9 Å². The van der Waals surface area contributed by atoms with E-state index < -0.39 is 4.92 Å². The summed E-state index contributed by atoms with van der Waals surface area (Å²) in [6.45, 7) is 0. The Morgan fingerprint density at radius 1 is 1.27 bits per heavy atom. The lowest BCUT2D eigenvalue weighted by Crippen LogP contribution is -2.15. The highest BCUT2D eigenvalue weighted by Crippen LogP contribution is 2.54. The number of nitro benzene ring substituents is 1. The van der Waals surface area contributed by atoms with E-state index in [1.54, 1.807) is 0 Å². The summed E-state index contributed by atoms with van der Waals surface area (Å²) < 4.78 is 1.92. The van der Waals surface area contributed by atoms with Gasteiger partial charge in [0, 0.05) is 25.1 Å². The van der Waals surface area contributed by atoms with Crippen LogP contribution in [0.4, 0.5) is 11.4 Å². The molecule has 2 atom stereocenters. The van der Waals surface area contributed by atoms with E-state index in [9.17, 15) is 14.9 Å². The molecule has 3 aromatic rings. The van der Waals surface area contributed by atoms with Crippen LogP contribution < -0.4 is 5.32 Å². The van der Waals surface area contributed by atoms with E-state index in [0.29, 0.717) is 17.0 Å². The molecule has 2 aromatic carbocycles. The Kier molecular flexibility index (Phi) is 5.74. The van der Waals surface area contributed by atoms with Crippen LogP contribution in [0.1, 0.15) is 29.6 Å². The summed E-state index contributed by atoms with van der Waals surface area (Å²) in [6, 6.07) is 14.2. The van der Waals surface area contributed by atoms with Crippen LogP contribution in [0.5, 0.6) is 0 Å². The minimum atomic E-state index is -0.539. The summed E-state index contributed by atoms with van der Waals surface area (Å²) >= 11 is 7.28. The summed E-state index contributed by atoms with van der Waals surface area (Å²) in [6.07, 6.45) is 1.03. The van der Waals surface area contributed by atoms with Crippen LogP contribution in [-0.2, 0) is 11.8 Å². The number of carbonyl (C=O) groups is 1. The van der Waals surface area contributed by atoms with Gasteiger partial charge in [0.1, 0.15) is 5.82 Å². The Bertz CT molecular complexity index is 1110. The molecular weight excluding hydrogens is 426 g/mol. The maximum Gasteiger partial charge on any atom is 0.271 e. The molecule has 4 rings (SSSR count). The fourth-order valence-electron chi connectivity index (χ4n) is 3.36. The third-order valence-corrected chi connectivity index (χ3v) is 6.34. The van der Waals surface area contributed by atoms with Crippen LogP contribution in [0.25, 0.3) is 0 Å². The first-order valence-corrected chi connectivity index (χ1v) is 10.6. The Balaban J connectivity index is 1.37. The fourth-order valence-corrected chi connectivity index (χ4v) is 4.25. The topological polar surface area (TPSA) is 103 Å². The van der Waals surface area contributed by atoms with Gasteiger partial charge in [-0.05, 0) is 24.0 Å². The predicted octanol–water partition coefficient (Wildman–Crippen LogP) is 4.38. The van der Waals surface area contributed by atoms with Gasteiger partial charge in [-0.2, -0.15) is 0 Å². The van der Waals surface area contributed by atoms with E-state index in [4.69, 9.17) is 11.6 Å². The molecule has 1 saturated carbocycles. The molecule has 0 saturated heterocycles. The van der Waals surface area contributed by atoms with Gasteiger partial charge in [0.15, 0.2) is 5.16 Å². The Hall–Kier alpha value is -2.91. The van der Waals surface area contributed by atoms with Crippen molar-refractivity contribution in [3.8, 4) is 0 Å². The molecule has 2 unspecified atom stereocenters. The van der Waals surface area contributed by atoms with Crippen molar-refractivity contribution in [1.29, 1.82) is 0 Å². The zero-order valence-electron chi connectivity index (χ0n) is 16.0. The first-order chi connectivity index (χ1) is 14.4. The van der Waals surface area contributed by atoms with E-state index in [0.717, 1.165) is 12.2 Å². The number of nitro groups is 1.